The van der Waals surface area contributed by atoms with Gasteiger partial charge in [0.15, 0.2) is 18.3 Å². The highest BCUT2D eigenvalue weighted by Gasteiger charge is 2.47. The van der Waals surface area contributed by atoms with Gasteiger partial charge < -0.3 is 108 Å². The molecule has 2 aromatic carbocycles. The number of carbonyl (C=O) groups is 8. The molecule has 0 spiro atoms. The summed E-state index contributed by atoms with van der Waals surface area (Å²) in [7, 11) is 2.10. The van der Waals surface area contributed by atoms with Crippen LogP contribution in [0.25, 0.3) is 0 Å². The van der Waals surface area contributed by atoms with Gasteiger partial charge in [-0.2, -0.15) is 4.58 Å². The molecule has 2 fully saturated rings. The van der Waals surface area contributed by atoms with Gasteiger partial charge in [-0.3, -0.25) is 38.4 Å². The van der Waals surface area contributed by atoms with Gasteiger partial charge in [-0.1, -0.05) is 73.2 Å². The molecule has 4 aromatic rings. The second-order valence-electron chi connectivity index (χ2n) is 27.8. The van der Waals surface area contributed by atoms with Crippen molar-refractivity contribution in [3.05, 3.63) is 107 Å². The molecular formula is C71H103N16O20+. The molecule has 586 valence electrons. The van der Waals surface area contributed by atoms with Crippen molar-refractivity contribution in [2.45, 2.75) is 209 Å². The average Bonchev–Trinajstić information content (AvgIpc) is 1.60. The predicted octanol–water partition coefficient (Wildman–Crippen LogP) is -3.53. The fourth-order valence-electron chi connectivity index (χ4n) is 13.1. The predicted molar refractivity (Wildman–Crippen MR) is 380 cm³/mol. The normalized spacial score (nSPS) is 23.1. The Bertz CT molecular complexity index is 3780. The molecule has 36 heteroatoms. The fraction of sp³-hybridized carbons (Fsp3) is 0.592. The van der Waals surface area contributed by atoms with Crippen molar-refractivity contribution in [3.63, 3.8) is 0 Å². The molecular weight excluding hydrogens is 1400 g/mol. The van der Waals surface area contributed by atoms with Crippen LogP contribution in [0.1, 0.15) is 121 Å². The molecule has 8 rings (SSSR count). The number of amides is 8. The second kappa shape index (κ2) is 39.7. The van der Waals surface area contributed by atoms with E-state index in [0.29, 0.717) is 50.0 Å². The van der Waals surface area contributed by atoms with Crippen LogP contribution in [0.2, 0.25) is 0 Å². The van der Waals surface area contributed by atoms with Crippen molar-refractivity contribution in [1.82, 2.24) is 67.2 Å². The van der Waals surface area contributed by atoms with E-state index in [9.17, 15) is 79.2 Å². The van der Waals surface area contributed by atoms with E-state index in [1.165, 1.54) is 50.0 Å². The Morgan fingerprint density at radius 2 is 1.08 bits per heavy atom. The topological polar surface area (TPSA) is 513 Å². The number of rotatable bonds is 41. The number of nitrogens with one attached hydrogen (secondary N) is 7. The molecule has 6 heterocycles. The van der Waals surface area contributed by atoms with E-state index in [2.05, 4.69) is 163 Å². The van der Waals surface area contributed by atoms with E-state index in [1.807, 2.05) is 6.07 Å². The Kier molecular flexibility index (Phi) is 31.0. The lowest BCUT2D eigenvalue weighted by atomic mass is 9.81. The zero-order valence-corrected chi connectivity index (χ0v) is 60.8. The van der Waals surface area contributed by atoms with Crippen LogP contribution in [0.4, 0.5) is 11.4 Å². The molecule has 2 unspecified atom stereocenters. The maximum atomic E-state index is 13.9. The first-order valence-electron chi connectivity index (χ1n) is 35.9. The summed E-state index contributed by atoms with van der Waals surface area (Å²) in [6, 6.07) is 14.1. The number of para-hydroxylation sites is 2. The van der Waals surface area contributed by atoms with Gasteiger partial charge in [0.25, 0.3) is 0 Å². The number of allylic oxidation sites excluding steroid dienone is 4. The summed E-state index contributed by atoms with van der Waals surface area (Å²) in [4.78, 5) is 107. The molecule has 4 aliphatic rings. The van der Waals surface area contributed by atoms with Crippen LogP contribution in [0.3, 0.4) is 0 Å². The molecule has 12 atom stereocenters. The monoisotopic (exact) mass is 1500 g/mol. The van der Waals surface area contributed by atoms with Crippen LogP contribution >= 0.6 is 0 Å². The van der Waals surface area contributed by atoms with Crippen LogP contribution in [-0.4, -0.2) is 262 Å². The summed E-state index contributed by atoms with van der Waals surface area (Å²) < 4.78 is 26.7. The molecule has 0 radical (unpaired) electrons. The number of carbonyl (C=O) groups excluding carboxylic acids is 8. The third-order valence-corrected chi connectivity index (χ3v) is 19.2. The summed E-state index contributed by atoms with van der Waals surface area (Å²) in [5.41, 5.74) is 12.7. The van der Waals surface area contributed by atoms with Crippen molar-refractivity contribution in [2.24, 2.45) is 5.73 Å². The first-order valence-corrected chi connectivity index (χ1v) is 35.9. The number of nitrogens with zero attached hydrogens (tertiary/aromatic N) is 8. The number of ether oxygens (including phenoxy) is 4. The van der Waals surface area contributed by atoms with Crippen LogP contribution < -0.4 is 47.9 Å². The summed E-state index contributed by atoms with van der Waals surface area (Å²) in [6.45, 7) is 7.08. The highest BCUT2D eigenvalue weighted by molar-refractivity contribution is 6.03. The minimum atomic E-state index is -1.63. The summed E-state index contributed by atoms with van der Waals surface area (Å²) >= 11 is 0. The van der Waals surface area contributed by atoms with E-state index in [4.69, 9.17) is 24.7 Å². The SMILES string of the molecule is C[N+]1=C(/C=C/C=C2\N(CCCCC(=O)NCCCCCC(=O)NC(CCC(=O)NCc3cn(CCO[C@H]4O[C@H](CO)[C@@H](O)[C@H](O)[C@@H]4O)nn3)C(=O)NCC(=O)NC(CCC(=O)NCc3cn(CCO[C@H]4O[C@H](CO)[C@@H](O)[C@H](O)[C@@H]4O)nn3)C(=O)NCC(N)=O)c3ccccc3C2(C)C)C(C)(C)c2ccccc21. The molecule has 17 N–H and O–H groups in total. The standard InChI is InChI=1S/C71H102N16O20/c1-70(2)44-16-8-10-18-48(44)84(5)52(70)20-15-21-53-71(3,4)45-17-9-11-19-49(45)87(53)29-14-12-22-55(91)73-28-13-6-7-23-58(94)78-46(24-26-56(92)74-34-42-38-85(82-80-42)30-32-104-68-64(100)62(98)60(96)50(40-88)106-68)67(103)77-37-59(95)79-47(66(102)76-36-54(72)90)25-27-57(93)75-35-43-39-86(83-81-43)31-33-105-69-65(101)63(99)61(97)51(41-89)107-69/h8-11,15-21,38-39,46-47,50-51,60-65,68-69,88-89,96-101H,6-7,12-14,22-37,40-41H2,1-5H3,(H8-,72,73,74,75,76,77,78,79,90,91,92,93,94,95,102,103)/p+1/t46?,47?,50-,51-,60-,61-,62+,63+,64+,65+,68+,69+/m1/s1. The lowest BCUT2D eigenvalue weighted by Crippen LogP contribution is -2.59. The fourth-order valence-corrected chi connectivity index (χ4v) is 13.1. The number of fused-ring (bicyclic) bond motifs is 2. The summed E-state index contributed by atoms with van der Waals surface area (Å²) in [5.74, 6) is -5.38. The second-order valence-corrected chi connectivity index (χ2v) is 27.8. The number of aliphatic hydroxyl groups is 8. The number of hydrogen-bond acceptors (Lipinski definition) is 25. The minimum Gasteiger partial charge on any atom is -0.394 e. The summed E-state index contributed by atoms with van der Waals surface area (Å²) in [5, 5.41) is 114. The zero-order chi connectivity index (χ0) is 77.5. The molecule has 2 saturated heterocycles. The Morgan fingerprint density at radius 1 is 0.579 bits per heavy atom. The maximum absolute atomic E-state index is 13.9. The first kappa shape index (κ1) is 83.6. The number of aromatic nitrogens is 6. The third kappa shape index (κ3) is 23.0. The molecule has 36 nitrogen and oxygen atoms in total. The maximum Gasteiger partial charge on any atom is 0.243 e. The molecule has 0 saturated carbocycles. The quantitative estimate of drug-likeness (QED) is 0.0151. The van der Waals surface area contributed by atoms with E-state index in [-0.39, 0.29) is 88.2 Å². The largest absolute Gasteiger partial charge is 0.394 e. The summed E-state index contributed by atoms with van der Waals surface area (Å²) in [6.07, 6.45) is -3.20. The van der Waals surface area contributed by atoms with Gasteiger partial charge in [0.05, 0.1) is 83.5 Å². The lowest BCUT2D eigenvalue weighted by Gasteiger charge is -2.39. The van der Waals surface area contributed by atoms with Gasteiger partial charge in [-0.25, -0.2) is 9.36 Å². The Morgan fingerprint density at radius 3 is 1.64 bits per heavy atom. The number of anilines is 1. The van der Waals surface area contributed by atoms with E-state index < -0.39 is 141 Å². The highest BCUT2D eigenvalue weighted by atomic mass is 16.7. The van der Waals surface area contributed by atoms with Crippen LogP contribution in [0, 0.1) is 0 Å². The Labute approximate surface area is 618 Å². The van der Waals surface area contributed by atoms with Crippen molar-refractivity contribution >= 4 is 64.3 Å². The van der Waals surface area contributed by atoms with Gasteiger partial charge >= 0.3 is 0 Å². The first-order chi connectivity index (χ1) is 51.1. The lowest BCUT2D eigenvalue weighted by molar-refractivity contribution is -0.401. The average molecular weight is 1500 g/mol. The zero-order valence-electron chi connectivity index (χ0n) is 60.8. The van der Waals surface area contributed by atoms with Gasteiger partial charge in [0, 0.05) is 73.3 Å². The Balaban J connectivity index is 0.791. The van der Waals surface area contributed by atoms with Gasteiger partial charge in [0.1, 0.15) is 79.4 Å². The molecule has 0 aliphatic carbocycles. The Hall–Kier alpha value is -9.05. The molecule has 8 amide bonds. The minimum absolute atomic E-state index is 0.0403. The smallest absolute Gasteiger partial charge is 0.243 e. The molecule has 4 aliphatic heterocycles. The number of nitrogens with two attached hydrogens (primary N) is 1. The molecule has 0 bridgehead atoms. The number of aliphatic hydroxyl groups excluding tert-OH is 8. The number of hydrogen-bond donors (Lipinski definition) is 16. The molecule has 107 heavy (non-hydrogen) atoms. The number of unbranched alkanes of at least 4 members (excludes halogenated alkanes) is 3. The highest BCUT2D eigenvalue weighted by Crippen LogP contribution is 2.48. The van der Waals surface area contributed by atoms with Crippen LogP contribution in [-0.2, 0) is 94.3 Å². The van der Waals surface area contributed by atoms with Gasteiger partial charge in [-0.15, -0.1) is 10.2 Å². The van der Waals surface area contributed by atoms with Crippen LogP contribution in [0.5, 0.6) is 0 Å². The van der Waals surface area contributed by atoms with Crippen molar-refractivity contribution < 1.29 is 103 Å². The van der Waals surface area contributed by atoms with Gasteiger partial charge in [-0.05, 0) is 70.1 Å². The van der Waals surface area contributed by atoms with E-state index in [1.54, 1.807) is 0 Å². The van der Waals surface area contributed by atoms with Crippen molar-refractivity contribution in [1.29, 1.82) is 0 Å². The third-order valence-electron chi connectivity index (χ3n) is 19.2. The number of benzene rings is 2. The molecule has 2 aromatic heterocycles. The van der Waals surface area contributed by atoms with E-state index in [0.717, 1.165) is 18.7 Å². The van der Waals surface area contributed by atoms with Crippen LogP contribution in [0.15, 0.2) is 84.8 Å². The van der Waals surface area contributed by atoms with Crippen molar-refractivity contribution in [2.75, 3.05) is 64.6 Å². The van der Waals surface area contributed by atoms with Gasteiger partial charge in [0.2, 0.25) is 52.9 Å². The van der Waals surface area contributed by atoms with E-state index >= 15 is 0 Å². The number of primary amides is 1. The van der Waals surface area contributed by atoms with Crippen molar-refractivity contribution in [3.8, 4) is 0 Å².